The van der Waals surface area contributed by atoms with Gasteiger partial charge < -0.3 is 5.32 Å². The highest BCUT2D eigenvalue weighted by molar-refractivity contribution is 5.85. The molecule has 0 spiro atoms. The number of hydrogen-bond acceptors (Lipinski definition) is 2. The fourth-order valence-electron chi connectivity index (χ4n) is 3.34. The number of benzene rings is 1. The SMILES string of the molecule is CCCC(C)[C@H](c1ccc(C(F)(F)F)cc1)N1CCNCC1.Cl. The van der Waals surface area contributed by atoms with E-state index in [0.717, 1.165) is 44.6 Å². The average molecular weight is 351 g/mol. The van der Waals surface area contributed by atoms with Gasteiger partial charge in [0.2, 0.25) is 0 Å². The van der Waals surface area contributed by atoms with E-state index in [9.17, 15) is 13.2 Å². The van der Waals surface area contributed by atoms with E-state index in [4.69, 9.17) is 0 Å². The van der Waals surface area contributed by atoms with Crippen molar-refractivity contribution < 1.29 is 13.2 Å². The maximum absolute atomic E-state index is 12.7. The summed E-state index contributed by atoms with van der Waals surface area (Å²) < 4.78 is 38.2. The van der Waals surface area contributed by atoms with Crippen LogP contribution in [0, 0.1) is 5.92 Å². The molecule has 1 aliphatic heterocycles. The zero-order chi connectivity index (χ0) is 16.2. The third kappa shape index (κ3) is 5.37. The molecule has 1 N–H and O–H groups in total. The van der Waals surface area contributed by atoms with Gasteiger partial charge in [-0.2, -0.15) is 13.2 Å². The van der Waals surface area contributed by atoms with E-state index in [1.807, 2.05) is 0 Å². The Balaban J connectivity index is 0.00000264. The van der Waals surface area contributed by atoms with Crippen molar-refractivity contribution >= 4 is 12.4 Å². The molecular weight excluding hydrogens is 325 g/mol. The lowest BCUT2D eigenvalue weighted by Crippen LogP contribution is -2.46. The van der Waals surface area contributed by atoms with Gasteiger partial charge in [0.05, 0.1) is 5.56 Å². The molecule has 2 atom stereocenters. The topological polar surface area (TPSA) is 15.3 Å². The number of nitrogens with one attached hydrogen (secondary N) is 1. The van der Waals surface area contributed by atoms with Gasteiger partial charge >= 0.3 is 6.18 Å². The Kier molecular flexibility index (Phi) is 7.84. The third-order valence-corrected chi connectivity index (χ3v) is 4.41. The predicted molar refractivity (Wildman–Crippen MR) is 89.9 cm³/mol. The van der Waals surface area contributed by atoms with Crippen LogP contribution in [0.1, 0.15) is 43.9 Å². The van der Waals surface area contributed by atoms with Crippen molar-refractivity contribution in [3.05, 3.63) is 35.4 Å². The van der Waals surface area contributed by atoms with E-state index in [0.29, 0.717) is 5.92 Å². The molecule has 1 unspecified atom stereocenters. The molecule has 1 aliphatic rings. The Morgan fingerprint density at radius 3 is 2.17 bits per heavy atom. The van der Waals surface area contributed by atoms with Crippen LogP contribution in [0.3, 0.4) is 0 Å². The molecular formula is C17H26ClF3N2. The van der Waals surface area contributed by atoms with Crippen molar-refractivity contribution in [2.45, 2.75) is 38.9 Å². The fraction of sp³-hybridized carbons (Fsp3) is 0.647. The molecule has 0 radical (unpaired) electrons. The molecule has 132 valence electrons. The highest BCUT2D eigenvalue weighted by Gasteiger charge is 2.31. The van der Waals surface area contributed by atoms with Crippen LogP contribution in [0.5, 0.6) is 0 Å². The summed E-state index contributed by atoms with van der Waals surface area (Å²) in [6.45, 7) is 8.12. The largest absolute Gasteiger partial charge is 0.416 e. The maximum Gasteiger partial charge on any atom is 0.416 e. The lowest BCUT2D eigenvalue weighted by atomic mass is 9.89. The Hall–Kier alpha value is -0.780. The second-order valence-electron chi connectivity index (χ2n) is 6.12. The summed E-state index contributed by atoms with van der Waals surface area (Å²) in [5.41, 5.74) is 0.425. The molecule has 6 heteroatoms. The quantitative estimate of drug-likeness (QED) is 0.840. The van der Waals surface area contributed by atoms with Crippen molar-refractivity contribution in [2.24, 2.45) is 5.92 Å². The summed E-state index contributed by atoms with van der Waals surface area (Å²) in [7, 11) is 0. The van der Waals surface area contributed by atoms with Crippen molar-refractivity contribution in [1.29, 1.82) is 0 Å². The minimum atomic E-state index is -4.27. The summed E-state index contributed by atoms with van der Waals surface area (Å²) in [6, 6.07) is 5.93. The fourth-order valence-corrected chi connectivity index (χ4v) is 3.34. The normalized spacial score (nSPS) is 19.0. The summed E-state index contributed by atoms with van der Waals surface area (Å²) in [5.74, 6) is 0.430. The first-order chi connectivity index (χ1) is 10.4. The van der Waals surface area contributed by atoms with Crippen LogP contribution in [-0.4, -0.2) is 31.1 Å². The smallest absolute Gasteiger partial charge is 0.314 e. The third-order valence-electron chi connectivity index (χ3n) is 4.41. The Labute approximate surface area is 142 Å². The molecule has 1 fully saturated rings. The minimum Gasteiger partial charge on any atom is -0.314 e. The molecule has 1 saturated heterocycles. The zero-order valence-electron chi connectivity index (χ0n) is 13.7. The van der Waals surface area contributed by atoms with Gasteiger partial charge in [0.1, 0.15) is 0 Å². The van der Waals surface area contributed by atoms with E-state index >= 15 is 0 Å². The number of alkyl halides is 3. The highest BCUT2D eigenvalue weighted by Crippen LogP contribution is 2.34. The number of hydrogen-bond donors (Lipinski definition) is 1. The molecule has 0 saturated carbocycles. The number of piperazine rings is 1. The van der Waals surface area contributed by atoms with Crippen LogP contribution in [0.2, 0.25) is 0 Å². The first-order valence-electron chi connectivity index (χ1n) is 8.05. The second-order valence-corrected chi connectivity index (χ2v) is 6.12. The molecule has 1 aromatic rings. The standard InChI is InChI=1S/C17H25F3N2.ClH/c1-3-4-13(2)16(22-11-9-21-10-12-22)14-5-7-15(8-6-14)17(18,19)20;/h5-8,13,16,21H,3-4,9-12H2,1-2H3;1H/t13?,16-;/m1./s1. The average Bonchev–Trinajstić information content (AvgIpc) is 2.48. The van der Waals surface area contributed by atoms with Gasteiger partial charge in [-0.05, 0) is 30.0 Å². The van der Waals surface area contributed by atoms with Crippen LogP contribution in [-0.2, 0) is 6.18 Å². The van der Waals surface area contributed by atoms with Gasteiger partial charge in [-0.3, -0.25) is 4.90 Å². The first kappa shape index (κ1) is 20.3. The number of rotatable bonds is 5. The molecule has 2 nitrogen and oxygen atoms in total. The van der Waals surface area contributed by atoms with Crippen molar-refractivity contribution in [3.8, 4) is 0 Å². The lowest BCUT2D eigenvalue weighted by Gasteiger charge is -2.38. The molecule has 2 rings (SSSR count). The summed E-state index contributed by atoms with van der Waals surface area (Å²) in [5, 5.41) is 3.33. The van der Waals surface area contributed by atoms with E-state index in [-0.39, 0.29) is 18.4 Å². The van der Waals surface area contributed by atoms with Gasteiger partial charge in [0.25, 0.3) is 0 Å². The molecule has 1 heterocycles. The molecule has 0 aromatic heterocycles. The van der Waals surface area contributed by atoms with Crippen LogP contribution < -0.4 is 5.32 Å². The van der Waals surface area contributed by atoms with E-state index in [2.05, 4.69) is 24.1 Å². The van der Waals surface area contributed by atoms with E-state index in [1.54, 1.807) is 12.1 Å². The summed E-state index contributed by atoms with van der Waals surface area (Å²) in [6.07, 6.45) is -2.10. The number of nitrogens with zero attached hydrogens (tertiary/aromatic N) is 1. The summed E-state index contributed by atoms with van der Waals surface area (Å²) >= 11 is 0. The first-order valence-corrected chi connectivity index (χ1v) is 8.05. The Bertz CT molecular complexity index is 456. The van der Waals surface area contributed by atoms with Crippen LogP contribution in [0.15, 0.2) is 24.3 Å². The highest BCUT2D eigenvalue weighted by atomic mass is 35.5. The second kappa shape index (κ2) is 8.90. The monoisotopic (exact) mass is 350 g/mol. The van der Waals surface area contributed by atoms with Gasteiger partial charge in [0.15, 0.2) is 0 Å². The van der Waals surface area contributed by atoms with Crippen LogP contribution in [0.4, 0.5) is 13.2 Å². The number of halogens is 4. The van der Waals surface area contributed by atoms with Gasteiger partial charge in [-0.25, -0.2) is 0 Å². The lowest BCUT2D eigenvalue weighted by molar-refractivity contribution is -0.137. The van der Waals surface area contributed by atoms with Crippen LogP contribution >= 0.6 is 12.4 Å². The maximum atomic E-state index is 12.7. The van der Waals surface area contributed by atoms with E-state index in [1.165, 1.54) is 12.1 Å². The van der Waals surface area contributed by atoms with Crippen molar-refractivity contribution in [2.75, 3.05) is 26.2 Å². The minimum absolute atomic E-state index is 0. The molecule has 23 heavy (non-hydrogen) atoms. The van der Waals surface area contributed by atoms with Gasteiger partial charge in [-0.15, -0.1) is 12.4 Å². The van der Waals surface area contributed by atoms with Crippen LogP contribution in [0.25, 0.3) is 0 Å². The van der Waals surface area contributed by atoms with E-state index < -0.39 is 11.7 Å². The van der Waals surface area contributed by atoms with Gasteiger partial charge in [0, 0.05) is 32.2 Å². The predicted octanol–water partition coefficient (Wildman–Crippen LogP) is 4.51. The molecule has 0 amide bonds. The van der Waals surface area contributed by atoms with Crippen molar-refractivity contribution in [1.82, 2.24) is 10.2 Å². The summed E-state index contributed by atoms with van der Waals surface area (Å²) in [4.78, 5) is 2.40. The molecule has 0 aliphatic carbocycles. The molecule has 1 aromatic carbocycles. The zero-order valence-corrected chi connectivity index (χ0v) is 14.5. The molecule has 0 bridgehead atoms. The van der Waals surface area contributed by atoms with Gasteiger partial charge in [-0.1, -0.05) is 32.4 Å². The Morgan fingerprint density at radius 2 is 1.70 bits per heavy atom. The Morgan fingerprint density at radius 1 is 1.13 bits per heavy atom. The van der Waals surface area contributed by atoms with Crippen molar-refractivity contribution in [3.63, 3.8) is 0 Å².